The molecule has 1 aromatic heterocycles. The fraction of sp³-hybridized carbons (Fsp3) is 0.125. The van der Waals surface area contributed by atoms with E-state index in [1.165, 1.54) is 5.56 Å². The van der Waals surface area contributed by atoms with E-state index in [4.69, 9.17) is 14.6 Å². The lowest BCUT2D eigenvalue weighted by Gasteiger charge is -2.19. The summed E-state index contributed by atoms with van der Waals surface area (Å²) in [4.78, 5) is 0. The Morgan fingerprint density at radius 2 is 1.43 bits per heavy atom. The van der Waals surface area contributed by atoms with Crippen LogP contribution in [0, 0.1) is 6.92 Å². The van der Waals surface area contributed by atoms with Crippen LogP contribution in [0.3, 0.4) is 0 Å². The number of hydrazone groups is 2. The molecule has 184 valence electrons. The smallest absolute Gasteiger partial charge is 0.151 e. The number of hydrogen-bond acceptors (Lipinski definition) is 5. The van der Waals surface area contributed by atoms with Gasteiger partial charge in [-0.3, -0.25) is 5.01 Å². The van der Waals surface area contributed by atoms with E-state index in [9.17, 15) is 0 Å². The van der Waals surface area contributed by atoms with Crippen LogP contribution in [0.25, 0.3) is 11.0 Å². The number of nitrogens with zero attached hydrogens (tertiary/aromatic N) is 4. The van der Waals surface area contributed by atoms with Gasteiger partial charge in [-0.1, -0.05) is 54.1 Å². The van der Waals surface area contributed by atoms with Crippen molar-refractivity contribution in [3.63, 3.8) is 0 Å². The van der Waals surface area contributed by atoms with Crippen LogP contribution in [-0.4, -0.2) is 18.5 Å². The molecule has 1 heterocycles. The summed E-state index contributed by atoms with van der Waals surface area (Å²) in [5.41, 5.74) is 6.92. The van der Waals surface area contributed by atoms with Crippen LogP contribution in [-0.2, 0) is 0 Å². The molecular weight excluding hydrogens is 456 g/mol. The molecule has 0 bridgehead atoms. The van der Waals surface area contributed by atoms with Crippen molar-refractivity contribution in [1.29, 1.82) is 0 Å². The number of anilines is 3. The second kappa shape index (κ2) is 11.0. The highest BCUT2D eigenvalue weighted by atomic mass is 16.3. The first-order valence-electron chi connectivity index (χ1n) is 12.5. The molecule has 5 aromatic rings. The van der Waals surface area contributed by atoms with Gasteiger partial charge in [-0.15, -0.1) is 0 Å². The van der Waals surface area contributed by atoms with Gasteiger partial charge in [-0.05, 0) is 87.0 Å². The fourth-order valence-electron chi connectivity index (χ4n) is 4.12. The summed E-state index contributed by atoms with van der Waals surface area (Å²) < 4.78 is 6.14. The maximum atomic E-state index is 6.14. The Hall–Kier alpha value is -4.64. The summed E-state index contributed by atoms with van der Waals surface area (Å²) in [7, 11) is 0. The Morgan fingerprint density at radius 3 is 2.05 bits per heavy atom. The normalized spacial score (nSPS) is 11.8. The molecule has 5 rings (SSSR count). The summed E-state index contributed by atoms with van der Waals surface area (Å²) in [6.07, 6.45) is 1.88. The molecule has 0 aliphatic carbocycles. The van der Waals surface area contributed by atoms with Crippen LogP contribution >= 0.6 is 0 Å². The first-order valence-corrected chi connectivity index (χ1v) is 12.5. The molecule has 0 spiro atoms. The zero-order chi connectivity index (χ0) is 25.6. The second-order valence-electron chi connectivity index (χ2n) is 8.87. The van der Waals surface area contributed by atoms with Gasteiger partial charge in [0.2, 0.25) is 0 Å². The topological polar surface area (TPSA) is 44.3 Å². The van der Waals surface area contributed by atoms with Gasteiger partial charge >= 0.3 is 0 Å². The minimum Gasteiger partial charge on any atom is -0.455 e. The summed E-state index contributed by atoms with van der Waals surface area (Å²) in [5, 5.41) is 14.6. The number of aryl methyl sites for hydroxylation is 1. The van der Waals surface area contributed by atoms with Crippen LogP contribution in [0.4, 0.5) is 17.1 Å². The summed E-state index contributed by atoms with van der Waals surface area (Å²) in [6.45, 7) is 6.92. The average molecular weight is 487 g/mol. The molecule has 0 atom stereocenters. The van der Waals surface area contributed by atoms with Crippen LogP contribution in [0.15, 0.2) is 124 Å². The van der Waals surface area contributed by atoms with Crippen molar-refractivity contribution in [2.75, 3.05) is 16.6 Å². The van der Waals surface area contributed by atoms with Gasteiger partial charge in [0, 0.05) is 11.9 Å². The minimum atomic E-state index is 0.754. The van der Waals surface area contributed by atoms with Crippen molar-refractivity contribution in [2.24, 2.45) is 10.2 Å². The number of fused-ring (bicyclic) bond motifs is 1. The monoisotopic (exact) mass is 486 g/mol. The number of benzene rings is 4. The third-order valence-electron chi connectivity index (χ3n) is 6.12. The first kappa shape index (κ1) is 24.1. The lowest BCUT2D eigenvalue weighted by atomic mass is 10.1. The molecule has 0 aliphatic rings. The predicted molar refractivity (Wildman–Crippen MR) is 155 cm³/mol. The average Bonchev–Trinajstić information content (AvgIpc) is 3.37. The van der Waals surface area contributed by atoms with Gasteiger partial charge in [0.1, 0.15) is 11.3 Å². The van der Waals surface area contributed by atoms with E-state index in [2.05, 4.69) is 44.2 Å². The zero-order valence-corrected chi connectivity index (χ0v) is 21.4. The van der Waals surface area contributed by atoms with Crippen molar-refractivity contribution >= 4 is 40.0 Å². The van der Waals surface area contributed by atoms with Gasteiger partial charge in [0.05, 0.1) is 23.3 Å². The van der Waals surface area contributed by atoms with E-state index in [1.807, 2.05) is 102 Å². The van der Waals surface area contributed by atoms with E-state index in [0.29, 0.717) is 0 Å². The number of rotatable bonds is 8. The molecule has 0 aliphatic heterocycles. The third-order valence-corrected chi connectivity index (χ3v) is 6.12. The molecular formula is C32H30N4O. The predicted octanol–water partition coefficient (Wildman–Crippen LogP) is 8.16. The highest BCUT2D eigenvalue weighted by Crippen LogP contribution is 2.26. The molecule has 0 fully saturated rings. The quantitative estimate of drug-likeness (QED) is 0.164. The lowest BCUT2D eigenvalue weighted by molar-refractivity contribution is 0.603. The summed E-state index contributed by atoms with van der Waals surface area (Å²) in [6, 6.07) is 36.8. The number of furan rings is 1. The fourth-order valence-corrected chi connectivity index (χ4v) is 4.12. The van der Waals surface area contributed by atoms with Gasteiger partial charge in [0.15, 0.2) is 5.76 Å². The van der Waals surface area contributed by atoms with Crippen molar-refractivity contribution in [3.8, 4) is 0 Å². The molecule has 0 amide bonds. The zero-order valence-electron chi connectivity index (χ0n) is 21.4. The van der Waals surface area contributed by atoms with Gasteiger partial charge in [0.25, 0.3) is 0 Å². The van der Waals surface area contributed by atoms with Gasteiger partial charge < -0.3 is 4.42 Å². The van der Waals surface area contributed by atoms with Gasteiger partial charge in [-0.2, -0.15) is 10.2 Å². The minimum absolute atomic E-state index is 0.754. The molecule has 0 N–H and O–H groups in total. The van der Waals surface area contributed by atoms with Crippen LogP contribution in [0.1, 0.15) is 30.7 Å². The molecule has 0 saturated heterocycles. The van der Waals surface area contributed by atoms with Crippen molar-refractivity contribution < 1.29 is 4.42 Å². The molecule has 4 aromatic carbocycles. The van der Waals surface area contributed by atoms with Crippen molar-refractivity contribution in [2.45, 2.75) is 20.8 Å². The van der Waals surface area contributed by atoms with E-state index in [-0.39, 0.29) is 0 Å². The summed E-state index contributed by atoms with van der Waals surface area (Å²) >= 11 is 0. The maximum absolute atomic E-state index is 6.14. The van der Waals surface area contributed by atoms with Crippen molar-refractivity contribution in [1.82, 2.24) is 0 Å². The maximum Gasteiger partial charge on any atom is 0.151 e. The van der Waals surface area contributed by atoms with Crippen LogP contribution in [0.5, 0.6) is 0 Å². The first-order chi connectivity index (χ1) is 18.1. The Balaban J connectivity index is 1.41. The largest absolute Gasteiger partial charge is 0.455 e. The molecule has 0 unspecified atom stereocenters. The highest BCUT2D eigenvalue weighted by molar-refractivity contribution is 6.01. The molecule has 5 heteroatoms. The van der Waals surface area contributed by atoms with Crippen LogP contribution < -0.4 is 10.0 Å². The lowest BCUT2D eigenvalue weighted by Crippen LogP contribution is -2.17. The van der Waals surface area contributed by atoms with Crippen molar-refractivity contribution in [3.05, 3.63) is 126 Å². The second-order valence-corrected chi connectivity index (χ2v) is 8.87. The van der Waals surface area contributed by atoms with E-state index >= 15 is 0 Å². The van der Waals surface area contributed by atoms with E-state index < -0.39 is 0 Å². The Labute approximate surface area is 218 Å². The number of hydrogen-bond donors (Lipinski definition) is 0. The Kier molecular flexibility index (Phi) is 7.13. The van der Waals surface area contributed by atoms with Crippen LogP contribution in [0.2, 0.25) is 0 Å². The van der Waals surface area contributed by atoms with E-state index in [1.54, 1.807) is 0 Å². The highest BCUT2D eigenvalue weighted by Gasteiger charge is 2.11. The Bertz CT molecular complexity index is 1480. The molecule has 0 radical (unpaired) electrons. The van der Waals surface area contributed by atoms with E-state index in [0.717, 1.165) is 51.6 Å². The molecule has 0 saturated carbocycles. The summed E-state index contributed by atoms with van der Waals surface area (Å²) in [5.74, 6) is 0.754. The Morgan fingerprint density at radius 1 is 0.784 bits per heavy atom. The molecule has 37 heavy (non-hydrogen) atoms. The SMILES string of the molecule is CCN(N=C(C)c1cc2cc(C=NN(c3ccccc3)c3ccccc3)ccc2o1)c1ccc(C)cc1. The van der Waals surface area contributed by atoms with Gasteiger partial charge in [-0.25, -0.2) is 5.01 Å². The number of para-hydroxylation sites is 2. The standard InChI is InChI=1S/C32H30N4O/c1-4-35(28-18-15-24(2)16-19-28)34-25(3)32-22-27-21-26(17-20-31(27)37-32)23-33-36(29-11-7-5-8-12-29)30-13-9-6-10-14-30/h5-23H,4H2,1-3H3. The molecule has 5 nitrogen and oxygen atoms in total. The third kappa shape index (κ3) is 5.62.